The fraction of sp³-hybridized carbons (Fsp3) is 1.00. The molecule has 0 heterocycles. The van der Waals surface area contributed by atoms with E-state index in [-0.39, 0.29) is 6.73 Å². The van der Waals surface area contributed by atoms with E-state index in [9.17, 15) is 0 Å². The lowest BCUT2D eigenvalue weighted by molar-refractivity contribution is 0.259. The zero-order valence-corrected chi connectivity index (χ0v) is 9.55. The average molecular weight is 203 g/mol. The molecule has 4 nitrogen and oxygen atoms in total. The van der Waals surface area contributed by atoms with Crippen molar-refractivity contribution in [1.82, 2.24) is 15.5 Å². The molecule has 0 unspecified atom stereocenters. The highest BCUT2D eigenvalue weighted by molar-refractivity contribution is 4.57. The Morgan fingerprint density at radius 2 is 1.71 bits per heavy atom. The summed E-state index contributed by atoms with van der Waals surface area (Å²) in [5, 5.41) is 14.7. The molecule has 0 aromatic heterocycles. The summed E-state index contributed by atoms with van der Waals surface area (Å²) in [5.41, 5.74) is 0. The maximum atomic E-state index is 8.47. The standard InChI is InChI=1S/C10H25N3O/c1-3-8-13(4-2)9-7-11-5-6-12-10-14/h11-12,14H,3-10H2,1-2H3. The molecule has 4 heteroatoms. The van der Waals surface area contributed by atoms with Crippen LogP contribution in [0, 0.1) is 0 Å². The van der Waals surface area contributed by atoms with Gasteiger partial charge in [0, 0.05) is 26.2 Å². The van der Waals surface area contributed by atoms with Crippen LogP contribution in [-0.4, -0.2) is 56.0 Å². The SMILES string of the molecule is CCCN(CC)CCNCCNCO. The van der Waals surface area contributed by atoms with Crippen LogP contribution in [0.3, 0.4) is 0 Å². The summed E-state index contributed by atoms with van der Waals surface area (Å²) < 4.78 is 0. The fourth-order valence-electron chi connectivity index (χ4n) is 1.36. The molecule has 0 aliphatic rings. The molecule has 0 saturated heterocycles. The number of aliphatic hydroxyl groups is 1. The van der Waals surface area contributed by atoms with Crippen molar-refractivity contribution >= 4 is 0 Å². The summed E-state index contributed by atoms with van der Waals surface area (Å²) in [6.45, 7) is 10.7. The van der Waals surface area contributed by atoms with Crippen molar-refractivity contribution in [2.45, 2.75) is 20.3 Å². The van der Waals surface area contributed by atoms with Gasteiger partial charge in [-0.3, -0.25) is 5.32 Å². The van der Waals surface area contributed by atoms with E-state index in [1.807, 2.05) is 0 Å². The van der Waals surface area contributed by atoms with Gasteiger partial charge >= 0.3 is 0 Å². The molecule has 0 bridgehead atoms. The summed E-state index contributed by atoms with van der Waals surface area (Å²) in [6, 6.07) is 0. The number of nitrogens with one attached hydrogen (secondary N) is 2. The first-order chi connectivity index (χ1) is 6.85. The molecule has 0 aliphatic carbocycles. The minimum Gasteiger partial charge on any atom is -0.381 e. The van der Waals surface area contributed by atoms with E-state index in [1.54, 1.807) is 0 Å². The van der Waals surface area contributed by atoms with Crippen molar-refractivity contribution < 1.29 is 5.11 Å². The van der Waals surface area contributed by atoms with Gasteiger partial charge in [-0.1, -0.05) is 13.8 Å². The number of aliphatic hydroxyl groups excluding tert-OH is 1. The number of rotatable bonds is 10. The van der Waals surface area contributed by atoms with Gasteiger partial charge in [0.1, 0.15) is 0 Å². The second kappa shape index (κ2) is 10.9. The summed E-state index contributed by atoms with van der Waals surface area (Å²) in [5.74, 6) is 0. The molecular weight excluding hydrogens is 178 g/mol. The van der Waals surface area contributed by atoms with E-state index in [1.165, 1.54) is 13.0 Å². The molecule has 0 aromatic carbocycles. The highest BCUT2D eigenvalue weighted by Crippen LogP contribution is 1.88. The highest BCUT2D eigenvalue weighted by Gasteiger charge is 1.98. The van der Waals surface area contributed by atoms with Crippen molar-refractivity contribution in [2.24, 2.45) is 0 Å². The van der Waals surface area contributed by atoms with Crippen molar-refractivity contribution in [1.29, 1.82) is 0 Å². The third-order valence-electron chi connectivity index (χ3n) is 2.18. The zero-order valence-electron chi connectivity index (χ0n) is 9.55. The Morgan fingerprint density at radius 1 is 1.00 bits per heavy atom. The second-order valence-electron chi connectivity index (χ2n) is 3.34. The molecule has 0 spiro atoms. The Balaban J connectivity index is 3.15. The van der Waals surface area contributed by atoms with E-state index >= 15 is 0 Å². The maximum absolute atomic E-state index is 8.47. The molecule has 0 rings (SSSR count). The van der Waals surface area contributed by atoms with E-state index in [2.05, 4.69) is 29.4 Å². The topological polar surface area (TPSA) is 47.5 Å². The summed E-state index contributed by atoms with van der Waals surface area (Å²) in [7, 11) is 0. The van der Waals surface area contributed by atoms with Crippen LogP contribution in [0.1, 0.15) is 20.3 Å². The predicted molar refractivity (Wildman–Crippen MR) is 60.4 cm³/mol. The third kappa shape index (κ3) is 8.44. The fourth-order valence-corrected chi connectivity index (χ4v) is 1.36. The second-order valence-corrected chi connectivity index (χ2v) is 3.34. The molecule has 0 amide bonds. The van der Waals surface area contributed by atoms with Crippen molar-refractivity contribution in [2.75, 3.05) is 46.0 Å². The minimum atomic E-state index is 0.0681. The average Bonchev–Trinajstić information content (AvgIpc) is 2.21. The van der Waals surface area contributed by atoms with Gasteiger partial charge in [-0.2, -0.15) is 0 Å². The van der Waals surface area contributed by atoms with E-state index in [0.717, 1.165) is 32.7 Å². The van der Waals surface area contributed by atoms with Crippen LogP contribution in [0.4, 0.5) is 0 Å². The van der Waals surface area contributed by atoms with Gasteiger partial charge in [0.2, 0.25) is 0 Å². The largest absolute Gasteiger partial charge is 0.381 e. The van der Waals surface area contributed by atoms with Crippen LogP contribution >= 0.6 is 0 Å². The highest BCUT2D eigenvalue weighted by atomic mass is 16.3. The normalized spacial score (nSPS) is 11.1. The Kier molecular flexibility index (Phi) is 10.8. The van der Waals surface area contributed by atoms with Gasteiger partial charge in [0.05, 0.1) is 6.73 Å². The lowest BCUT2D eigenvalue weighted by atomic mass is 10.4. The van der Waals surface area contributed by atoms with Crippen LogP contribution in [0.2, 0.25) is 0 Å². The molecule has 0 aliphatic heterocycles. The lowest BCUT2D eigenvalue weighted by Gasteiger charge is -2.19. The molecule has 14 heavy (non-hydrogen) atoms. The van der Waals surface area contributed by atoms with Crippen LogP contribution in [0.15, 0.2) is 0 Å². The minimum absolute atomic E-state index is 0.0681. The Labute approximate surface area is 87.7 Å². The van der Waals surface area contributed by atoms with Crippen molar-refractivity contribution in [3.63, 3.8) is 0 Å². The maximum Gasteiger partial charge on any atom is 0.0931 e. The molecular formula is C10H25N3O. The number of likely N-dealkylation sites (N-methyl/N-ethyl adjacent to an activating group) is 1. The van der Waals surface area contributed by atoms with Gasteiger partial charge in [0.15, 0.2) is 0 Å². The van der Waals surface area contributed by atoms with Crippen LogP contribution in [0.5, 0.6) is 0 Å². The van der Waals surface area contributed by atoms with Gasteiger partial charge in [-0.25, -0.2) is 0 Å². The van der Waals surface area contributed by atoms with Crippen LogP contribution in [0.25, 0.3) is 0 Å². The Hall–Kier alpha value is -0.160. The summed E-state index contributed by atoms with van der Waals surface area (Å²) in [6.07, 6.45) is 1.22. The molecule has 0 fully saturated rings. The van der Waals surface area contributed by atoms with Crippen molar-refractivity contribution in [3.05, 3.63) is 0 Å². The first kappa shape index (κ1) is 13.8. The molecule has 0 radical (unpaired) electrons. The van der Waals surface area contributed by atoms with Gasteiger partial charge < -0.3 is 15.3 Å². The molecule has 0 atom stereocenters. The molecule has 0 aromatic rings. The van der Waals surface area contributed by atoms with Crippen LogP contribution in [-0.2, 0) is 0 Å². The first-order valence-electron chi connectivity index (χ1n) is 5.59. The zero-order chi connectivity index (χ0) is 10.6. The van der Waals surface area contributed by atoms with Crippen molar-refractivity contribution in [3.8, 4) is 0 Å². The third-order valence-corrected chi connectivity index (χ3v) is 2.18. The first-order valence-corrected chi connectivity index (χ1v) is 5.59. The van der Waals surface area contributed by atoms with E-state index in [4.69, 9.17) is 5.11 Å². The summed E-state index contributed by atoms with van der Waals surface area (Å²) >= 11 is 0. The lowest BCUT2D eigenvalue weighted by Crippen LogP contribution is -2.35. The van der Waals surface area contributed by atoms with Crippen LogP contribution < -0.4 is 10.6 Å². The monoisotopic (exact) mass is 203 g/mol. The Bertz CT molecular complexity index is 112. The van der Waals surface area contributed by atoms with E-state index in [0.29, 0.717) is 0 Å². The van der Waals surface area contributed by atoms with E-state index < -0.39 is 0 Å². The number of nitrogens with zero attached hydrogens (tertiary/aromatic N) is 1. The van der Waals surface area contributed by atoms with Gasteiger partial charge in [-0.05, 0) is 19.5 Å². The molecule has 0 saturated carbocycles. The van der Waals surface area contributed by atoms with Gasteiger partial charge in [0.25, 0.3) is 0 Å². The molecule has 86 valence electrons. The Morgan fingerprint density at radius 3 is 2.29 bits per heavy atom. The quantitative estimate of drug-likeness (QED) is 0.341. The summed E-state index contributed by atoms with van der Waals surface area (Å²) in [4.78, 5) is 2.44. The predicted octanol–water partition coefficient (Wildman–Crippen LogP) is -0.153. The molecule has 3 N–H and O–H groups in total. The smallest absolute Gasteiger partial charge is 0.0931 e. The number of hydrogen-bond donors (Lipinski definition) is 3. The number of hydrogen-bond acceptors (Lipinski definition) is 4. The van der Waals surface area contributed by atoms with Gasteiger partial charge in [-0.15, -0.1) is 0 Å².